The third-order valence-corrected chi connectivity index (χ3v) is 7.33. The number of carbonyl (C=O) groups is 2. The van der Waals surface area contributed by atoms with E-state index in [1.54, 1.807) is 0 Å². The summed E-state index contributed by atoms with van der Waals surface area (Å²) in [4.78, 5) is 24.6. The maximum absolute atomic E-state index is 15.0. The van der Waals surface area contributed by atoms with Gasteiger partial charge in [-0.3, -0.25) is 9.59 Å². The van der Waals surface area contributed by atoms with Crippen molar-refractivity contribution >= 4 is 11.9 Å². The highest BCUT2D eigenvalue weighted by molar-refractivity contribution is 5.84. The van der Waals surface area contributed by atoms with Gasteiger partial charge in [-0.25, -0.2) is 0 Å². The van der Waals surface area contributed by atoms with Crippen LogP contribution in [0.1, 0.15) is 26.7 Å². The molecule has 0 radical (unpaired) electrons. The number of carbonyl (C=O) groups excluding carboxylic acids is 2. The van der Waals surface area contributed by atoms with Crippen LogP contribution < -0.4 is 0 Å². The van der Waals surface area contributed by atoms with Gasteiger partial charge in [-0.2, -0.15) is 74.6 Å². The van der Waals surface area contributed by atoms with Gasteiger partial charge in [-0.15, -0.1) is 0 Å². The first kappa shape index (κ1) is 35.9. The molecule has 0 amide bonds. The minimum Gasteiger partial charge on any atom is -0.466 e. The molecule has 21 heteroatoms. The van der Waals surface area contributed by atoms with E-state index in [2.05, 4.69) is 9.47 Å². The average molecular weight is 658 g/mol. The van der Waals surface area contributed by atoms with Gasteiger partial charge >= 0.3 is 59.6 Å². The Morgan fingerprint density at radius 1 is 0.548 bits per heavy atom. The standard InChI is InChI=1S/C21H19F17O4/c1-3-41-12(39)10-7-5-8(11(10)13(40)42-4-2)9(6-7)14(22,23)15(24,25)16(26,27)17(28,29)18(30,31)19(32,33)20(34,35)21(36,37)38/h7-11H,3-6H2,1-2H3. The normalized spacial score (nSPS) is 26.4. The first-order chi connectivity index (χ1) is 18.6. The molecule has 4 nitrogen and oxygen atoms in total. The van der Waals surface area contributed by atoms with E-state index < -0.39 is 109 Å². The van der Waals surface area contributed by atoms with E-state index >= 15 is 8.78 Å². The Kier molecular flexibility index (Phi) is 8.93. The van der Waals surface area contributed by atoms with E-state index in [0.29, 0.717) is 0 Å². The van der Waals surface area contributed by atoms with Gasteiger partial charge in [0.05, 0.1) is 25.0 Å². The van der Waals surface area contributed by atoms with Gasteiger partial charge in [0.2, 0.25) is 0 Å². The quantitative estimate of drug-likeness (QED) is 0.177. The van der Waals surface area contributed by atoms with Gasteiger partial charge < -0.3 is 9.47 Å². The minimum absolute atomic E-state index is 0.368. The summed E-state index contributed by atoms with van der Waals surface area (Å²) in [7, 11) is 0. The highest BCUT2D eigenvalue weighted by Gasteiger charge is 2.95. The summed E-state index contributed by atoms with van der Waals surface area (Å²) < 4.78 is 242. The number of rotatable bonds is 11. The van der Waals surface area contributed by atoms with Crippen LogP contribution in [0.4, 0.5) is 74.6 Å². The van der Waals surface area contributed by atoms with Crippen LogP contribution in [-0.2, 0) is 19.1 Å². The largest absolute Gasteiger partial charge is 0.466 e. The van der Waals surface area contributed by atoms with Crippen molar-refractivity contribution in [2.24, 2.45) is 29.6 Å². The summed E-state index contributed by atoms with van der Waals surface area (Å²) in [5, 5.41) is 0. The zero-order valence-electron chi connectivity index (χ0n) is 20.8. The summed E-state index contributed by atoms with van der Waals surface area (Å²) in [6.07, 6.45) is -10.1. The molecule has 0 aromatic heterocycles. The molecular formula is C21H19F17O4. The maximum atomic E-state index is 15.0. The topological polar surface area (TPSA) is 52.6 Å². The number of esters is 2. The molecule has 0 spiro atoms. The number of alkyl halides is 17. The van der Waals surface area contributed by atoms with Crippen molar-refractivity contribution in [3.05, 3.63) is 0 Å². The lowest BCUT2D eigenvalue weighted by atomic mass is 9.69. The molecule has 2 aliphatic carbocycles. The van der Waals surface area contributed by atoms with Crippen LogP contribution in [0.15, 0.2) is 0 Å². The van der Waals surface area contributed by atoms with Crippen molar-refractivity contribution in [1.29, 1.82) is 0 Å². The van der Waals surface area contributed by atoms with Crippen LogP contribution in [0.25, 0.3) is 0 Å². The Morgan fingerprint density at radius 3 is 1.29 bits per heavy atom. The lowest BCUT2D eigenvalue weighted by Gasteiger charge is -2.45. The van der Waals surface area contributed by atoms with E-state index in [1.807, 2.05) is 0 Å². The zero-order chi connectivity index (χ0) is 33.3. The van der Waals surface area contributed by atoms with E-state index in [0.717, 1.165) is 6.92 Å². The molecule has 0 aromatic rings. The fourth-order valence-electron chi connectivity index (χ4n) is 5.32. The van der Waals surface area contributed by atoms with Crippen LogP contribution >= 0.6 is 0 Å². The molecule has 2 rings (SSSR count). The van der Waals surface area contributed by atoms with Gasteiger partial charge in [0.1, 0.15) is 0 Å². The summed E-state index contributed by atoms with van der Waals surface area (Å²) in [6, 6.07) is 0. The first-order valence-electron chi connectivity index (χ1n) is 11.6. The molecule has 5 atom stereocenters. The number of hydrogen-bond acceptors (Lipinski definition) is 4. The van der Waals surface area contributed by atoms with Gasteiger partial charge in [0.25, 0.3) is 0 Å². The lowest BCUT2D eigenvalue weighted by Crippen LogP contribution is -2.75. The summed E-state index contributed by atoms with van der Waals surface area (Å²) in [5.41, 5.74) is 0. The first-order valence-corrected chi connectivity index (χ1v) is 11.6. The molecule has 0 heterocycles. The molecule has 2 saturated carbocycles. The van der Waals surface area contributed by atoms with Crippen molar-refractivity contribution in [2.45, 2.75) is 74.3 Å². The van der Waals surface area contributed by atoms with E-state index in [-0.39, 0.29) is 6.61 Å². The highest BCUT2D eigenvalue weighted by Crippen LogP contribution is 2.68. The third-order valence-electron chi connectivity index (χ3n) is 7.33. The van der Waals surface area contributed by atoms with Gasteiger partial charge in [-0.05, 0) is 38.5 Å². The second-order valence-electron chi connectivity index (χ2n) is 9.62. The molecule has 246 valence electrons. The molecule has 42 heavy (non-hydrogen) atoms. The molecule has 2 bridgehead atoms. The zero-order valence-corrected chi connectivity index (χ0v) is 20.8. The Bertz CT molecular complexity index is 1040. The molecule has 0 N–H and O–H groups in total. The Labute approximate surface area is 223 Å². The fourth-order valence-corrected chi connectivity index (χ4v) is 5.32. The predicted molar refractivity (Wildman–Crippen MR) is 101 cm³/mol. The molecule has 2 aliphatic rings. The monoisotopic (exact) mass is 658 g/mol. The molecule has 0 aromatic carbocycles. The number of ether oxygens (including phenoxy) is 2. The molecule has 5 unspecified atom stereocenters. The predicted octanol–water partition coefficient (Wildman–Crippen LogP) is 7.01. The van der Waals surface area contributed by atoms with Crippen LogP contribution in [-0.4, -0.2) is 72.8 Å². The highest BCUT2D eigenvalue weighted by atomic mass is 19.4. The number of halogens is 17. The van der Waals surface area contributed by atoms with Crippen LogP contribution in [0.3, 0.4) is 0 Å². The third kappa shape index (κ3) is 4.65. The summed E-state index contributed by atoms with van der Waals surface area (Å²) in [5.74, 6) is -71.0. The van der Waals surface area contributed by atoms with Crippen molar-refractivity contribution in [1.82, 2.24) is 0 Å². The van der Waals surface area contributed by atoms with Gasteiger partial charge in [-0.1, -0.05) is 0 Å². The second kappa shape index (κ2) is 10.4. The summed E-state index contributed by atoms with van der Waals surface area (Å²) in [6.45, 7) is 1.50. The average Bonchev–Trinajstić information content (AvgIpc) is 3.42. The van der Waals surface area contributed by atoms with E-state index in [4.69, 9.17) is 0 Å². The van der Waals surface area contributed by atoms with Crippen LogP contribution in [0.5, 0.6) is 0 Å². The number of fused-ring (bicyclic) bond motifs is 2. The fraction of sp³-hybridized carbons (Fsp3) is 0.905. The SMILES string of the molecule is CCOC(=O)C1C2CC(C1C(=O)OCC)C(C(F)(F)C(F)(F)C(F)(F)C(F)(F)C(F)(F)C(F)(F)C(F)(F)C(F)(F)F)C2. The maximum Gasteiger partial charge on any atom is 0.460 e. The van der Waals surface area contributed by atoms with Crippen molar-refractivity contribution in [2.75, 3.05) is 13.2 Å². The van der Waals surface area contributed by atoms with Crippen molar-refractivity contribution < 1.29 is 93.7 Å². The van der Waals surface area contributed by atoms with E-state index in [9.17, 15) is 75.4 Å². The van der Waals surface area contributed by atoms with Crippen LogP contribution in [0.2, 0.25) is 0 Å². The van der Waals surface area contributed by atoms with Crippen molar-refractivity contribution in [3.63, 3.8) is 0 Å². The Balaban J connectivity index is 2.60. The Morgan fingerprint density at radius 2 is 0.905 bits per heavy atom. The molecular weight excluding hydrogens is 639 g/mol. The van der Waals surface area contributed by atoms with E-state index in [1.165, 1.54) is 6.92 Å². The molecule has 2 fully saturated rings. The summed E-state index contributed by atoms with van der Waals surface area (Å²) >= 11 is 0. The van der Waals surface area contributed by atoms with Gasteiger partial charge in [0, 0.05) is 5.92 Å². The molecule has 0 saturated heterocycles. The number of hydrogen-bond donors (Lipinski definition) is 0. The van der Waals surface area contributed by atoms with Gasteiger partial charge in [0.15, 0.2) is 0 Å². The lowest BCUT2D eigenvalue weighted by molar-refractivity contribution is -0.464. The Hall–Kier alpha value is -2.25. The minimum atomic E-state index is -8.72. The second-order valence-corrected chi connectivity index (χ2v) is 9.62. The van der Waals surface area contributed by atoms with Crippen LogP contribution in [0, 0.1) is 29.6 Å². The molecule has 0 aliphatic heterocycles. The smallest absolute Gasteiger partial charge is 0.460 e. The van der Waals surface area contributed by atoms with Crippen molar-refractivity contribution in [3.8, 4) is 0 Å².